The van der Waals surface area contributed by atoms with Crippen LogP contribution in [0.3, 0.4) is 0 Å². The Balaban J connectivity index is 4.63. The molecule has 0 aliphatic carbocycles. The molecular formula is C11H24Br2O2Si. The minimum atomic E-state index is -1.78. The van der Waals surface area contributed by atoms with Gasteiger partial charge in [0.05, 0.1) is 6.10 Å². The molecule has 0 radical (unpaired) electrons. The molecule has 0 saturated heterocycles. The Morgan fingerprint density at radius 1 is 1.06 bits per heavy atom. The second kappa shape index (κ2) is 6.32. The summed E-state index contributed by atoms with van der Waals surface area (Å²) in [7, 11) is -1.78. The molecule has 1 atom stereocenters. The van der Waals surface area contributed by atoms with Crippen molar-refractivity contribution in [3.63, 3.8) is 0 Å². The van der Waals surface area contributed by atoms with Gasteiger partial charge in [0.15, 0.2) is 14.6 Å². The van der Waals surface area contributed by atoms with Crippen LogP contribution in [-0.4, -0.2) is 24.4 Å². The third-order valence-electron chi connectivity index (χ3n) is 2.83. The zero-order valence-corrected chi connectivity index (χ0v) is 15.5. The van der Waals surface area contributed by atoms with E-state index in [1.54, 1.807) is 0 Å². The molecule has 0 fully saturated rings. The second-order valence-corrected chi connectivity index (χ2v) is 13.7. The summed E-state index contributed by atoms with van der Waals surface area (Å²) in [4.78, 5) is 0. The summed E-state index contributed by atoms with van der Waals surface area (Å²) >= 11 is 6.96. The predicted octanol–water partition coefficient (Wildman–Crippen LogP) is 4.88. The summed E-state index contributed by atoms with van der Waals surface area (Å²) in [5, 5.41) is 0.195. The van der Waals surface area contributed by atoms with Crippen molar-refractivity contribution in [1.29, 1.82) is 0 Å². The molecule has 0 spiro atoms. The van der Waals surface area contributed by atoms with Crippen molar-refractivity contribution >= 4 is 40.2 Å². The molecule has 0 amide bonds. The van der Waals surface area contributed by atoms with Gasteiger partial charge in [-0.2, -0.15) is 0 Å². The van der Waals surface area contributed by atoms with E-state index in [0.717, 1.165) is 0 Å². The van der Waals surface area contributed by atoms with Gasteiger partial charge < -0.3 is 9.16 Å². The van der Waals surface area contributed by atoms with Crippen molar-refractivity contribution < 1.29 is 9.16 Å². The summed E-state index contributed by atoms with van der Waals surface area (Å²) in [6.07, 6.45) is -0.0757. The molecule has 0 aromatic heterocycles. The minimum absolute atomic E-state index is 0.0246. The van der Waals surface area contributed by atoms with E-state index >= 15 is 0 Å². The van der Waals surface area contributed by atoms with Gasteiger partial charge in [-0.1, -0.05) is 52.6 Å². The molecule has 98 valence electrons. The molecule has 0 aliphatic heterocycles. The number of hydrogen-bond acceptors (Lipinski definition) is 2. The second-order valence-electron chi connectivity index (χ2n) is 5.77. The van der Waals surface area contributed by atoms with Crippen LogP contribution in [0.1, 0.15) is 34.6 Å². The van der Waals surface area contributed by atoms with Crippen LogP contribution in [0, 0.1) is 0 Å². The van der Waals surface area contributed by atoms with Crippen molar-refractivity contribution in [1.82, 2.24) is 0 Å². The average Bonchev–Trinajstić information content (AvgIpc) is 1.98. The van der Waals surface area contributed by atoms with Gasteiger partial charge in [0, 0.05) is 0 Å². The summed E-state index contributed by atoms with van der Waals surface area (Å²) in [6.45, 7) is 15.2. The molecule has 2 nitrogen and oxygen atoms in total. The molecule has 5 heteroatoms. The van der Waals surface area contributed by atoms with Gasteiger partial charge in [0.25, 0.3) is 0 Å². The molecule has 0 saturated carbocycles. The fourth-order valence-corrected chi connectivity index (χ4v) is 2.86. The lowest BCUT2D eigenvalue weighted by Gasteiger charge is -2.39. The van der Waals surface area contributed by atoms with Gasteiger partial charge in [0.2, 0.25) is 0 Å². The summed E-state index contributed by atoms with van der Waals surface area (Å²) in [5.41, 5.74) is 0. The highest BCUT2D eigenvalue weighted by Gasteiger charge is 2.40. The lowest BCUT2D eigenvalue weighted by atomic mass is 10.2. The topological polar surface area (TPSA) is 18.5 Å². The first-order valence-corrected chi connectivity index (χ1v) is 10.3. The van der Waals surface area contributed by atoms with Gasteiger partial charge in [0.1, 0.15) is 3.74 Å². The minimum Gasteiger partial charge on any atom is -0.391 e. The molecule has 1 unspecified atom stereocenters. The first kappa shape index (κ1) is 17.1. The maximum Gasteiger partial charge on any atom is 0.195 e. The van der Waals surface area contributed by atoms with E-state index in [-0.39, 0.29) is 21.2 Å². The van der Waals surface area contributed by atoms with E-state index in [4.69, 9.17) is 9.16 Å². The standard InChI is InChI=1S/C11H24Br2O2Si/c1-8(2)14-10(9(12)13)15-16(6,7)11(3,4)5/h8-10H,1-7H3. The van der Waals surface area contributed by atoms with Crippen molar-refractivity contribution in [3.8, 4) is 0 Å². The maximum atomic E-state index is 6.20. The average molecular weight is 376 g/mol. The highest BCUT2D eigenvalue weighted by molar-refractivity contribution is 9.24. The highest BCUT2D eigenvalue weighted by atomic mass is 79.9. The van der Waals surface area contributed by atoms with Gasteiger partial charge >= 0.3 is 0 Å². The Hall–Kier alpha value is 1.10. The largest absolute Gasteiger partial charge is 0.391 e. The smallest absolute Gasteiger partial charge is 0.195 e. The summed E-state index contributed by atoms with van der Waals surface area (Å²) in [6, 6.07) is 0. The number of ether oxygens (including phenoxy) is 1. The van der Waals surface area contributed by atoms with E-state index in [1.165, 1.54) is 0 Å². The quantitative estimate of drug-likeness (QED) is 0.387. The van der Waals surface area contributed by atoms with Crippen molar-refractivity contribution in [2.75, 3.05) is 0 Å². The Labute approximate surface area is 118 Å². The maximum absolute atomic E-state index is 6.20. The van der Waals surface area contributed by atoms with E-state index in [2.05, 4.69) is 65.7 Å². The predicted molar refractivity (Wildman–Crippen MR) is 79.9 cm³/mol. The monoisotopic (exact) mass is 374 g/mol. The van der Waals surface area contributed by atoms with Gasteiger partial charge in [-0.3, -0.25) is 0 Å². The Morgan fingerprint density at radius 2 is 1.50 bits per heavy atom. The van der Waals surface area contributed by atoms with Gasteiger partial charge in [-0.05, 0) is 32.0 Å². The molecule has 16 heavy (non-hydrogen) atoms. The lowest BCUT2D eigenvalue weighted by Crippen LogP contribution is -2.46. The van der Waals surface area contributed by atoms with E-state index in [1.807, 2.05) is 13.8 Å². The van der Waals surface area contributed by atoms with Crippen molar-refractivity contribution in [3.05, 3.63) is 0 Å². The Bertz CT molecular complexity index is 213. The van der Waals surface area contributed by atoms with Crippen LogP contribution in [0.25, 0.3) is 0 Å². The highest BCUT2D eigenvalue weighted by Crippen LogP contribution is 2.38. The fourth-order valence-electron chi connectivity index (χ4n) is 0.874. The zero-order valence-electron chi connectivity index (χ0n) is 11.3. The number of rotatable bonds is 5. The van der Waals surface area contributed by atoms with E-state index < -0.39 is 8.32 Å². The fraction of sp³-hybridized carbons (Fsp3) is 1.00. The van der Waals surface area contributed by atoms with Gasteiger partial charge in [-0.25, -0.2) is 0 Å². The van der Waals surface area contributed by atoms with Crippen LogP contribution in [0.2, 0.25) is 18.1 Å². The van der Waals surface area contributed by atoms with E-state index in [9.17, 15) is 0 Å². The first-order chi connectivity index (χ1) is 6.97. The lowest BCUT2D eigenvalue weighted by molar-refractivity contribution is -0.102. The molecule has 0 heterocycles. The molecule has 0 aromatic rings. The molecule has 0 N–H and O–H groups in total. The molecule has 0 rings (SSSR count). The number of halogens is 2. The summed E-state index contributed by atoms with van der Waals surface area (Å²) in [5.74, 6) is 0. The van der Waals surface area contributed by atoms with Crippen LogP contribution in [0.4, 0.5) is 0 Å². The van der Waals surface area contributed by atoms with Crippen molar-refractivity contribution in [2.45, 2.75) is 68.9 Å². The van der Waals surface area contributed by atoms with Crippen LogP contribution >= 0.6 is 31.9 Å². The normalized spacial score (nSPS) is 15.9. The SMILES string of the molecule is CC(C)OC(O[Si](C)(C)C(C)(C)C)C(Br)Br. The van der Waals surface area contributed by atoms with Crippen LogP contribution in [0.15, 0.2) is 0 Å². The Morgan fingerprint density at radius 3 is 1.75 bits per heavy atom. The van der Waals surface area contributed by atoms with Crippen molar-refractivity contribution in [2.24, 2.45) is 0 Å². The summed E-state index contributed by atoms with van der Waals surface area (Å²) < 4.78 is 12.0. The molecular weight excluding hydrogens is 352 g/mol. The van der Waals surface area contributed by atoms with Crippen LogP contribution in [0.5, 0.6) is 0 Å². The number of alkyl halides is 2. The van der Waals surface area contributed by atoms with Crippen LogP contribution < -0.4 is 0 Å². The number of hydrogen-bond donors (Lipinski definition) is 0. The molecule has 0 aromatic carbocycles. The molecule has 0 bridgehead atoms. The first-order valence-electron chi connectivity index (χ1n) is 5.59. The Kier molecular flexibility index (Phi) is 6.75. The third-order valence-corrected chi connectivity index (χ3v) is 8.13. The third kappa shape index (κ3) is 5.62. The zero-order chi connectivity index (χ0) is 13.1. The van der Waals surface area contributed by atoms with E-state index in [0.29, 0.717) is 0 Å². The molecule has 0 aliphatic rings. The van der Waals surface area contributed by atoms with Gasteiger partial charge in [-0.15, -0.1) is 0 Å². The van der Waals surface area contributed by atoms with Crippen LogP contribution in [-0.2, 0) is 9.16 Å².